The number of nitrogens with two attached hydrogens (primary N) is 1. The van der Waals surface area contributed by atoms with Crippen molar-refractivity contribution in [1.82, 2.24) is 9.55 Å². The first-order chi connectivity index (χ1) is 6.63. The summed E-state index contributed by atoms with van der Waals surface area (Å²) in [6, 6.07) is 0.117. The van der Waals surface area contributed by atoms with Crippen molar-refractivity contribution in [2.45, 2.75) is 31.9 Å². The maximum atomic E-state index is 5.98. The van der Waals surface area contributed by atoms with Crippen LogP contribution in [0.4, 0.5) is 0 Å². The average Bonchev–Trinajstić information content (AvgIpc) is 2.51. The smallest absolute Gasteiger partial charge is 0.109 e. The van der Waals surface area contributed by atoms with Crippen LogP contribution in [0.5, 0.6) is 0 Å². The number of imidazole rings is 1. The molecule has 0 aromatic carbocycles. The van der Waals surface area contributed by atoms with Gasteiger partial charge in [-0.15, -0.1) is 0 Å². The van der Waals surface area contributed by atoms with E-state index >= 15 is 0 Å². The molecule has 0 aliphatic rings. The number of rotatable bonds is 5. The molecule has 0 aliphatic carbocycles. The summed E-state index contributed by atoms with van der Waals surface area (Å²) in [6.07, 6.45) is 5.61. The van der Waals surface area contributed by atoms with Gasteiger partial charge in [0.05, 0.1) is 6.10 Å². The molecule has 0 radical (unpaired) electrons. The number of ether oxygens (including phenoxy) is 1. The topological polar surface area (TPSA) is 53.1 Å². The molecule has 0 saturated heterocycles. The largest absolute Gasteiger partial charge is 0.382 e. The SMILES string of the molecule is COC(C)CC(N)Cc1nccn1C. The maximum absolute atomic E-state index is 5.98. The van der Waals surface area contributed by atoms with E-state index in [0.717, 1.165) is 18.7 Å². The fourth-order valence-electron chi connectivity index (χ4n) is 1.43. The highest BCUT2D eigenvalue weighted by molar-refractivity contribution is 4.94. The normalized spacial score (nSPS) is 15.4. The van der Waals surface area contributed by atoms with Crippen molar-refractivity contribution in [3.63, 3.8) is 0 Å². The molecule has 0 bridgehead atoms. The van der Waals surface area contributed by atoms with E-state index in [0.29, 0.717) is 0 Å². The summed E-state index contributed by atoms with van der Waals surface area (Å²) >= 11 is 0. The summed E-state index contributed by atoms with van der Waals surface area (Å²) < 4.78 is 7.16. The maximum Gasteiger partial charge on any atom is 0.109 e. The monoisotopic (exact) mass is 197 g/mol. The minimum atomic E-state index is 0.117. The van der Waals surface area contributed by atoms with Gasteiger partial charge in [-0.1, -0.05) is 0 Å². The van der Waals surface area contributed by atoms with Crippen LogP contribution in [0.3, 0.4) is 0 Å². The Hall–Kier alpha value is -0.870. The summed E-state index contributed by atoms with van der Waals surface area (Å²) in [4.78, 5) is 4.23. The van der Waals surface area contributed by atoms with Gasteiger partial charge in [0, 0.05) is 39.0 Å². The quantitative estimate of drug-likeness (QED) is 0.756. The zero-order chi connectivity index (χ0) is 10.6. The Morgan fingerprint density at radius 2 is 2.36 bits per heavy atom. The van der Waals surface area contributed by atoms with Gasteiger partial charge in [0.1, 0.15) is 5.82 Å². The molecule has 1 aromatic heterocycles. The van der Waals surface area contributed by atoms with E-state index in [1.807, 2.05) is 24.7 Å². The van der Waals surface area contributed by atoms with Gasteiger partial charge in [-0.3, -0.25) is 0 Å². The molecule has 0 amide bonds. The van der Waals surface area contributed by atoms with Crippen molar-refractivity contribution >= 4 is 0 Å². The zero-order valence-corrected chi connectivity index (χ0v) is 9.10. The van der Waals surface area contributed by atoms with Crippen molar-refractivity contribution in [3.8, 4) is 0 Å². The number of methoxy groups -OCH3 is 1. The van der Waals surface area contributed by atoms with Crippen molar-refractivity contribution in [2.24, 2.45) is 12.8 Å². The summed E-state index contributed by atoms with van der Waals surface area (Å²) in [5, 5.41) is 0. The lowest BCUT2D eigenvalue weighted by atomic mass is 10.1. The van der Waals surface area contributed by atoms with E-state index in [9.17, 15) is 0 Å². The van der Waals surface area contributed by atoms with E-state index in [-0.39, 0.29) is 12.1 Å². The van der Waals surface area contributed by atoms with Crippen LogP contribution >= 0.6 is 0 Å². The average molecular weight is 197 g/mol. The lowest BCUT2D eigenvalue weighted by molar-refractivity contribution is 0.104. The predicted molar refractivity (Wildman–Crippen MR) is 56.0 cm³/mol. The third-order valence-corrected chi connectivity index (χ3v) is 2.40. The molecule has 2 N–H and O–H groups in total. The summed E-state index contributed by atoms with van der Waals surface area (Å²) in [5.41, 5.74) is 5.98. The molecule has 0 spiro atoms. The van der Waals surface area contributed by atoms with Crippen LogP contribution in [0, 0.1) is 0 Å². The molecule has 4 heteroatoms. The molecule has 2 atom stereocenters. The minimum absolute atomic E-state index is 0.117. The van der Waals surface area contributed by atoms with Crippen molar-refractivity contribution < 1.29 is 4.74 Å². The Morgan fingerprint density at radius 1 is 1.64 bits per heavy atom. The van der Waals surface area contributed by atoms with Gasteiger partial charge in [-0.25, -0.2) is 4.98 Å². The van der Waals surface area contributed by atoms with Gasteiger partial charge in [-0.05, 0) is 13.3 Å². The molecule has 14 heavy (non-hydrogen) atoms. The van der Waals surface area contributed by atoms with Crippen molar-refractivity contribution in [3.05, 3.63) is 18.2 Å². The third kappa shape index (κ3) is 3.12. The zero-order valence-electron chi connectivity index (χ0n) is 9.10. The summed E-state index contributed by atoms with van der Waals surface area (Å²) in [6.45, 7) is 2.03. The first-order valence-electron chi connectivity index (χ1n) is 4.88. The number of hydrogen-bond donors (Lipinski definition) is 1. The van der Waals surface area contributed by atoms with E-state index in [1.54, 1.807) is 13.3 Å². The van der Waals surface area contributed by atoms with Crippen LogP contribution in [0.15, 0.2) is 12.4 Å². The predicted octanol–water partition coefficient (Wildman–Crippen LogP) is 0.715. The van der Waals surface area contributed by atoms with Gasteiger partial charge in [0.25, 0.3) is 0 Å². The highest BCUT2D eigenvalue weighted by Gasteiger charge is 2.11. The number of aromatic nitrogens is 2. The molecule has 1 heterocycles. The molecule has 80 valence electrons. The minimum Gasteiger partial charge on any atom is -0.382 e. The standard InChI is InChI=1S/C10H19N3O/c1-8(14-3)6-9(11)7-10-12-4-5-13(10)2/h4-5,8-9H,6-7,11H2,1-3H3. The van der Waals surface area contributed by atoms with E-state index in [2.05, 4.69) is 4.98 Å². The second-order valence-electron chi connectivity index (χ2n) is 3.70. The third-order valence-electron chi connectivity index (χ3n) is 2.40. The van der Waals surface area contributed by atoms with Crippen LogP contribution in [0.1, 0.15) is 19.2 Å². The fraction of sp³-hybridized carbons (Fsp3) is 0.700. The Labute approximate surface area is 85.1 Å². The van der Waals surface area contributed by atoms with Crippen LogP contribution < -0.4 is 5.73 Å². The number of hydrogen-bond acceptors (Lipinski definition) is 3. The van der Waals surface area contributed by atoms with Gasteiger partial charge >= 0.3 is 0 Å². The highest BCUT2D eigenvalue weighted by atomic mass is 16.5. The Kier molecular flexibility index (Phi) is 4.10. The Balaban J connectivity index is 2.41. The molecule has 1 rings (SSSR count). The molecular weight excluding hydrogens is 178 g/mol. The summed E-state index contributed by atoms with van der Waals surface area (Å²) in [5.74, 6) is 1.03. The van der Waals surface area contributed by atoms with Crippen LogP contribution in [-0.4, -0.2) is 28.8 Å². The first kappa shape index (κ1) is 11.2. The number of aryl methyl sites for hydroxylation is 1. The van der Waals surface area contributed by atoms with Crippen molar-refractivity contribution in [1.29, 1.82) is 0 Å². The van der Waals surface area contributed by atoms with E-state index in [1.165, 1.54) is 0 Å². The summed E-state index contributed by atoms with van der Waals surface area (Å²) in [7, 11) is 3.69. The van der Waals surface area contributed by atoms with Crippen LogP contribution in [-0.2, 0) is 18.2 Å². The van der Waals surface area contributed by atoms with Gasteiger partial charge in [0.2, 0.25) is 0 Å². The molecule has 0 saturated carbocycles. The van der Waals surface area contributed by atoms with Crippen LogP contribution in [0.2, 0.25) is 0 Å². The van der Waals surface area contributed by atoms with Gasteiger partial charge in [0.15, 0.2) is 0 Å². The Bertz CT molecular complexity index is 272. The Morgan fingerprint density at radius 3 is 2.86 bits per heavy atom. The lowest BCUT2D eigenvalue weighted by Gasteiger charge is -2.15. The van der Waals surface area contributed by atoms with E-state index in [4.69, 9.17) is 10.5 Å². The van der Waals surface area contributed by atoms with Crippen LogP contribution in [0.25, 0.3) is 0 Å². The second kappa shape index (κ2) is 5.12. The number of nitrogens with zero attached hydrogens (tertiary/aromatic N) is 2. The first-order valence-corrected chi connectivity index (χ1v) is 4.88. The van der Waals surface area contributed by atoms with Gasteiger partial charge < -0.3 is 15.0 Å². The lowest BCUT2D eigenvalue weighted by Crippen LogP contribution is -2.29. The molecule has 1 aromatic rings. The molecule has 0 fully saturated rings. The van der Waals surface area contributed by atoms with Gasteiger partial charge in [-0.2, -0.15) is 0 Å². The fourth-order valence-corrected chi connectivity index (χ4v) is 1.43. The molecule has 4 nitrogen and oxygen atoms in total. The molecular formula is C10H19N3O. The molecule has 2 unspecified atom stereocenters. The molecule has 0 aliphatic heterocycles. The highest BCUT2D eigenvalue weighted by Crippen LogP contribution is 2.05. The van der Waals surface area contributed by atoms with Crippen molar-refractivity contribution in [2.75, 3.05) is 7.11 Å². The second-order valence-corrected chi connectivity index (χ2v) is 3.70. The van der Waals surface area contributed by atoms with E-state index < -0.39 is 0 Å².